The van der Waals surface area contributed by atoms with Gasteiger partial charge in [-0.2, -0.15) is 0 Å². The third kappa shape index (κ3) is 5.83. The van der Waals surface area contributed by atoms with Gasteiger partial charge in [0, 0.05) is 54.2 Å². The van der Waals surface area contributed by atoms with E-state index in [1.165, 1.54) is 0 Å². The van der Waals surface area contributed by atoms with E-state index >= 15 is 0 Å². The van der Waals surface area contributed by atoms with E-state index in [-0.39, 0.29) is 35.5 Å². The van der Waals surface area contributed by atoms with Gasteiger partial charge >= 0.3 is 0 Å². The summed E-state index contributed by atoms with van der Waals surface area (Å²) in [4.78, 5) is 29.7. The standard InChI is InChI=1S/C23H34BrN3O3/c1-16-13-27(14-17(2)30-16)23(3,4)15-25-21(28)18-9-11-26(12-10-18)22(29)19-5-7-20(24)8-6-19/h5-8,16-18H,9-15H2,1-4H3,(H,25,28)/t16-,17-/m0/s1. The van der Waals surface area contributed by atoms with E-state index in [0.29, 0.717) is 38.0 Å². The van der Waals surface area contributed by atoms with Gasteiger partial charge in [0.15, 0.2) is 0 Å². The average molecular weight is 480 g/mol. The normalized spacial score (nSPS) is 24.0. The zero-order valence-electron chi connectivity index (χ0n) is 18.5. The highest BCUT2D eigenvalue weighted by Crippen LogP contribution is 2.23. The molecule has 0 spiro atoms. The molecule has 2 aliphatic heterocycles. The molecule has 1 aromatic rings. The molecule has 1 N–H and O–H groups in total. The van der Waals surface area contributed by atoms with Crippen molar-refractivity contribution in [1.82, 2.24) is 15.1 Å². The quantitative estimate of drug-likeness (QED) is 0.703. The number of piperidine rings is 1. The van der Waals surface area contributed by atoms with Crippen LogP contribution >= 0.6 is 15.9 Å². The van der Waals surface area contributed by atoms with Crippen LogP contribution in [-0.2, 0) is 9.53 Å². The maximum absolute atomic E-state index is 12.8. The summed E-state index contributed by atoms with van der Waals surface area (Å²) < 4.78 is 6.79. The monoisotopic (exact) mass is 479 g/mol. The maximum atomic E-state index is 12.8. The molecule has 0 aliphatic carbocycles. The molecule has 166 valence electrons. The highest BCUT2D eigenvalue weighted by Gasteiger charge is 2.34. The van der Waals surface area contributed by atoms with Gasteiger partial charge in [-0.3, -0.25) is 14.5 Å². The Morgan fingerprint density at radius 2 is 1.67 bits per heavy atom. The molecule has 6 nitrogen and oxygen atoms in total. The second-order valence-corrected chi connectivity index (χ2v) is 10.2. The van der Waals surface area contributed by atoms with Gasteiger partial charge < -0.3 is 15.0 Å². The summed E-state index contributed by atoms with van der Waals surface area (Å²) in [6.45, 7) is 12.2. The van der Waals surface area contributed by atoms with Crippen LogP contribution < -0.4 is 5.32 Å². The first kappa shape index (κ1) is 23.2. The predicted octanol–water partition coefficient (Wildman–Crippen LogP) is 3.31. The molecule has 2 fully saturated rings. The van der Waals surface area contributed by atoms with Crippen LogP contribution in [0.5, 0.6) is 0 Å². The lowest BCUT2D eigenvalue weighted by atomic mass is 9.94. The van der Waals surface area contributed by atoms with E-state index in [1.54, 1.807) is 0 Å². The van der Waals surface area contributed by atoms with Crippen molar-refractivity contribution < 1.29 is 14.3 Å². The van der Waals surface area contributed by atoms with Gasteiger partial charge in [-0.1, -0.05) is 15.9 Å². The number of carbonyl (C=O) groups is 2. The fraction of sp³-hybridized carbons (Fsp3) is 0.652. The van der Waals surface area contributed by atoms with Crippen molar-refractivity contribution in [2.45, 2.75) is 58.3 Å². The number of amides is 2. The molecule has 0 radical (unpaired) electrons. The number of halogens is 1. The van der Waals surface area contributed by atoms with Crippen LogP contribution in [0, 0.1) is 5.92 Å². The molecule has 2 atom stereocenters. The Hall–Kier alpha value is -1.44. The Balaban J connectivity index is 1.47. The van der Waals surface area contributed by atoms with Crippen molar-refractivity contribution in [3.05, 3.63) is 34.3 Å². The van der Waals surface area contributed by atoms with Crippen LogP contribution in [0.3, 0.4) is 0 Å². The third-order valence-corrected chi connectivity index (χ3v) is 6.74. The van der Waals surface area contributed by atoms with Crippen molar-refractivity contribution in [2.24, 2.45) is 5.92 Å². The Morgan fingerprint density at radius 1 is 1.10 bits per heavy atom. The number of morpholine rings is 1. The van der Waals surface area contributed by atoms with Gasteiger partial charge in [0.05, 0.1) is 12.2 Å². The SMILES string of the molecule is C[C@H]1CN(C(C)(C)CNC(=O)C2CCN(C(=O)c3ccc(Br)cc3)CC2)C[C@H](C)O1. The van der Waals surface area contributed by atoms with E-state index < -0.39 is 0 Å². The molecule has 30 heavy (non-hydrogen) atoms. The largest absolute Gasteiger partial charge is 0.373 e. The van der Waals surface area contributed by atoms with Crippen LogP contribution in [-0.4, -0.2) is 72.1 Å². The highest BCUT2D eigenvalue weighted by atomic mass is 79.9. The molecular formula is C23H34BrN3O3. The first-order valence-corrected chi connectivity index (χ1v) is 11.7. The first-order valence-electron chi connectivity index (χ1n) is 10.9. The molecule has 0 bridgehead atoms. The summed E-state index contributed by atoms with van der Waals surface area (Å²) in [5.41, 5.74) is 0.567. The number of likely N-dealkylation sites (tertiary alicyclic amines) is 1. The van der Waals surface area contributed by atoms with Gasteiger partial charge in [0.1, 0.15) is 0 Å². The summed E-state index contributed by atoms with van der Waals surface area (Å²) in [5, 5.41) is 3.17. The maximum Gasteiger partial charge on any atom is 0.253 e. The van der Waals surface area contributed by atoms with Crippen molar-refractivity contribution in [3.8, 4) is 0 Å². The number of nitrogens with one attached hydrogen (secondary N) is 1. The minimum absolute atomic E-state index is 0.0303. The Bertz CT molecular complexity index is 735. The fourth-order valence-electron chi connectivity index (χ4n) is 4.35. The van der Waals surface area contributed by atoms with Gasteiger partial charge in [-0.25, -0.2) is 0 Å². The highest BCUT2D eigenvalue weighted by molar-refractivity contribution is 9.10. The molecule has 3 rings (SSSR count). The van der Waals surface area contributed by atoms with E-state index in [1.807, 2.05) is 29.2 Å². The number of hydrogen-bond donors (Lipinski definition) is 1. The fourth-order valence-corrected chi connectivity index (χ4v) is 4.62. The van der Waals surface area contributed by atoms with Gasteiger partial charge in [-0.15, -0.1) is 0 Å². The lowest BCUT2D eigenvalue weighted by Gasteiger charge is -2.45. The van der Waals surface area contributed by atoms with Crippen molar-refractivity contribution in [3.63, 3.8) is 0 Å². The van der Waals surface area contributed by atoms with E-state index in [9.17, 15) is 9.59 Å². The molecule has 0 unspecified atom stereocenters. The van der Waals surface area contributed by atoms with Crippen LogP contribution in [0.2, 0.25) is 0 Å². The Morgan fingerprint density at radius 3 is 2.23 bits per heavy atom. The number of ether oxygens (including phenoxy) is 1. The van der Waals surface area contributed by atoms with Crippen LogP contribution in [0.1, 0.15) is 50.9 Å². The first-order chi connectivity index (χ1) is 14.2. The summed E-state index contributed by atoms with van der Waals surface area (Å²) in [5.74, 6) is 0.114. The van der Waals surface area contributed by atoms with Gasteiger partial charge in [0.25, 0.3) is 5.91 Å². The Labute approximate surface area is 188 Å². The number of nitrogens with zero attached hydrogens (tertiary/aromatic N) is 2. The molecular weight excluding hydrogens is 446 g/mol. The molecule has 0 aromatic heterocycles. The summed E-state index contributed by atoms with van der Waals surface area (Å²) in [6.07, 6.45) is 1.83. The van der Waals surface area contributed by atoms with Crippen molar-refractivity contribution in [1.29, 1.82) is 0 Å². The number of carbonyl (C=O) groups excluding carboxylic acids is 2. The molecule has 2 saturated heterocycles. The third-order valence-electron chi connectivity index (χ3n) is 6.22. The smallest absolute Gasteiger partial charge is 0.253 e. The molecule has 1 aromatic carbocycles. The molecule has 0 saturated carbocycles. The summed E-state index contributed by atoms with van der Waals surface area (Å²) in [7, 11) is 0. The molecule has 7 heteroatoms. The minimum Gasteiger partial charge on any atom is -0.373 e. The van der Waals surface area contributed by atoms with Crippen LogP contribution in [0.25, 0.3) is 0 Å². The molecule has 2 heterocycles. The second kappa shape index (κ2) is 9.79. The summed E-state index contributed by atoms with van der Waals surface area (Å²) >= 11 is 3.40. The van der Waals surface area contributed by atoms with Crippen LogP contribution in [0.4, 0.5) is 0 Å². The summed E-state index contributed by atoms with van der Waals surface area (Å²) in [6, 6.07) is 7.43. The number of rotatable bonds is 5. The lowest BCUT2D eigenvalue weighted by Crippen LogP contribution is -2.59. The topological polar surface area (TPSA) is 61.9 Å². The molecule has 2 aliphatic rings. The number of benzene rings is 1. The second-order valence-electron chi connectivity index (χ2n) is 9.27. The van der Waals surface area contributed by atoms with E-state index in [2.05, 4.69) is 53.8 Å². The molecule has 2 amide bonds. The zero-order chi connectivity index (χ0) is 21.9. The van der Waals surface area contributed by atoms with Crippen LogP contribution in [0.15, 0.2) is 28.7 Å². The van der Waals surface area contributed by atoms with Crippen molar-refractivity contribution in [2.75, 3.05) is 32.7 Å². The average Bonchev–Trinajstić information content (AvgIpc) is 2.71. The number of hydrogen-bond acceptors (Lipinski definition) is 4. The zero-order valence-corrected chi connectivity index (χ0v) is 20.1. The van der Waals surface area contributed by atoms with E-state index in [4.69, 9.17) is 4.74 Å². The van der Waals surface area contributed by atoms with Gasteiger partial charge in [0.2, 0.25) is 5.91 Å². The van der Waals surface area contributed by atoms with Gasteiger partial charge in [-0.05, 0) is 64.8 Å². The van der Waals surface area contributed by atoms with E-state index in [0.717, 1.165) is 17.6 Å². The van der Waals surface area contributed by atoms with Crippen molar-refractivity contribution >= 4 is 27.7 Å². The lowest BCUT2D eigenvalue weighted by molar-refractivity contribution is -0.128. The Kier molecular flexibility index (Phi) is 7.58. The minimum atomic E-state index is -0.125. The predicted molar refractivity (Wildman–Crippen MR) is 121 cm³/mol.